The van der Waals surface area contributed by atoms with E-state index >= 15 is 0 Å². The zero-order valence-corrected chi connectivity index (χ0v) is 10.2. The maximum absolute atomic E-state index is 11.9. The lowest BCUT2D eigenvalue weighted by Gasteiger charge is -2.03. The molecule has 2 aromatic rings. The van der Waals surface area contributed by atoms with Crippen molar-refractivity contribution >= 4 is 29.8 Å². The highest BCUT2D eigenvalue weighted by Gasteiger charge is 2.12. The molecular formula is C10H7N5O3S. The van der Waals surface area contributed by atoms with Gasteiger partial charge < -0.3 is 4.98 Å². The molecule has 1 heterocycles. The average Bonchev–Trinajstić information content (AvgIpc) is 2.39. The molecule has 0 atom stereocenters. The van der Waals surface area contributed by atoms with Crippen molar-refractivity contribution in [2.24, 2.45) is 0 Å². The van der Waals surface area contributed by atoms with Gasteiger partial charge in [0.05, 0.1) is 4.92 Å². The molecule has 0 saturated carbocycles. The first-order valence-corrected chi connectivity index (χ1v) is 5.44. The van der Waals surface area contributed by atoms with Crippen LogP contribution in [0.2, 0.25) is 0 Å². The molecule has 9 heteroatoms. The molecule has 0 spiro atoms. The Morgan fingerprint density at radius 1 is 1.42 bits per heavy atom. The highest BCUT2D eigenvalue weighted by Crippen LogP contribution is 2.13. The van der Waals surface area contributed by atoms with E-state index in [4.69, 9.17) is 12.2 Å². The second-order valence-corrected chi connectivity index (χ2v) is 3.80. The number of nitro groups is 1. The number of H-pyrrole nitrogens is 1. The maximum atomic E-state index is 11.9. The van der Waals surface area contributed by atoms with Crippen molar-refractivity contribution < 1.29 is 9.72 Å². The van der Waals surface area contributed by atoms with E-state index in [1.807, 2.05) is 0 Å². The van der Waals surface area contributed by atoms with Crippen LogP contribution in [0.1, 0.15) is 10.4 Å². The lowest BCUT2D eigenvalue weighted by molar-refractivity contribution is -0.384. The van der Waals surface area contributed by atoms with E-state index < -0.39 is 10.8 Å². The molecule has 0 bridgehead atoms. The molecule has 0 aliphatic rings. The summed E-state index contributed by atoms with van der Waals surface area (Å²) < 4.78 is 0.171. The van der Waals surface area contributed by atoms with Crippen molar-refractivity contribution in [2.75, 3.05) is 5.32 Å². The topological polar surface area (TPSA) is 114 Å². The summed E-state index contributed by atoms with van der Waals surface area (Å²) in [6.07, 6.45) is 1.20. The van der Waals surface area contributed by atoms with Crippen LogP contribution >= 0.6 is 12.2 Å². The van der Waals surface area contributed by atoms with Gasteiger partial charge in [0.15, 0.2) is 0 Å². The van der Waals surface area contributed by atoms with E-state index in [1.165, 1.54) is 30.6 Å². The minimum absolute atomic E-state index is 0.122. The summed E-state index contributed by atoms with van der Waals surface area (Å²) in [4.78, 5) is 31.9. The second kappa shape index (κ2) is 5.31. The minimum atomic E-state index is -0.574. The van der Waals surface area contributed by atoms with Crippen molar-refractivity contribution in [3.63, 3.8) is 0 Å². The molecule has 0 saturated heterocycles. The average molecular weight is 277 g/mol. The number of amides is 1. The van der Waals surface area contributed by atoms with E-state index in [-0.39, 0.29) is 22.0 Å². The van der Waals surface area contributed by atoms with Gasteiger partial charge in [-0.05, 0) is 18.3 Å². The molecule has 1 amide bonds. The monoisotopic (exact) mass is 277 g/mol. The third-order valence-corrected chi connectivity index (χ3v) is 2.35. The number of aromatic nitrogens is 3. The normalized spacial score (nSPS) is 9.89. The molecular weight excluding hydrogens is 270 g/mol. The number of hydrogen-bond donors (Lipinski definition) is 2. The summed E-state index contributed by atoms with van der Waals surface area (Å²) in [5.74, 6) is -0.412. The fourth-order valence-electron chi connectivity index (χ4n) is 1.31. The first kappa shape index (κ1) is 12.8. The van der Waals surface area contributed by atoms with Gasteiger partial charge in [-0.2, -0.15) is 0 Å². The predicted molar refractivity (Wildman–Crippen MR) is 68.3 cm³/mol. The number of nitrogens with one attached hydrogen (secondary N) is 2. The Morgan fingerprint density at radius 3 is 2.89 bits per heavy atom. The summed E-state index contributed by atoms with van der Waals surface area (Å²) in [6, 6.07) is 5.35. The number of carbonyl (C=O) groups excluding carboxylic acids is 1. The van der Waals surface area contributed by atoms with Crippen LogP contribution in [0.25, 0.3) is 0 Å². The van der Waals surface area contributed by atoms with Gasteiger partial charge in [0, 0.05) is 17.7 Å². The Kier molecular flexibility index (Phi) is 3.57. The Hall–Kier alpha value is -2.68. The molecule has 8 nitrogen and oxygen atoms in total. The van der Waals surface area contributed by atoms with Crippen LogP contribution in [-0.4, -0.2) is 25.8 Å². The van der Waals surface area contributed by atoms with Crippen molar-refractivity contribution in [3.05, 3.63) is 51.0 Å². The van der Waals surface area contributed by atoms with Gasteiger partial charge in [0.2, 0.25) is 10.7 Å². The van der Waals surface area contributed by atoms with E-state index in [2.05, 4.69) is 20.3 Å². The summed E-state index contributed by atoms with van der Waals surface area (Å²) in [6.45, 7) is 0. The maximum Gasteiger partial charge on any atom is 0.270 e. The molecule has 1 aromatic carbocycles. The SMILES string of the molecule is O=C(Nc1ncnc(=S)[nH]1)c1cccc([N+](=O)[O-])c1. The fourth-order valence-corrected chi connectivity index (χ4v) is 1.45. The third kappa shape index (κ3) is 3.16. The molecule has 0 aliphatic carbocycles. The first-order valence-electron chi connectivity index (χ1n) is 5.03. The van der Waals surface area contributed by atoms with Crippen LogP contribution in [-0.2, 0) is 0 Å². The molecule has 19 heavy (non-hydrogen) atoms. The van der Waals surface area contributed by atoms with Gasteiger partial charge in [-0.15, -0.1) is 0 Å². The Bertz CT molecular complexity index is 699. The third-order valence-electron chi connectivity index (χ3n) is 2.14. The summed E-state index contributed by atoms with van der Waals surface area (Å²) in [5, 5.41) is 13.0. The van der Waals surface area contributed by atoms with E-state index in [0.29, 0.717) is 0 Å². The highest BCUT2D eigenvalue weighted by molar-refractivity contribution is 7.71. The van der Waals surface area contributed by atoms with Gasteiger partial charge in [-0.25, -0.2) is 9.97 Å². The molecule has 0 radical (unpaired) electrons. The van der Waals surface area contributed by atoms with Crippen LogP contribution in [0.5, 0.6) is 0 Å². The van der Waals surface area contributed by atoms with Crippen molar-refractivity contribution in [2.45, 2.75) is 0 Å². The molecule has 2 rings (SSSR count). The predicted octanol–water partition coefficient (Wildman–Crippen LogP) is 1.69. The Morgan fingerprint density at radius 2 is 2.21 bits per heavy atom. The van der Waals surface area contributed by atoms with Crippen LogP contribution in [0.15, 0.2) is 30.6 Å². The number of carbonyl (C=O) groups is 1. The number of non-ortho nitro benzene ring substituents is 1. The standard InChI is InChI=1S/C10H7N5O3S/c16-8(13-9-11-5-12-10(19)14-9)6-2-1-3-7(4-6)15(17)18/h1-5H,(H2,11,12,13,14,16,19). The Labute approximate surface area is 111 Å². The number of nitrogens with zero attached hydrogens (tertiary/aromatic N) is 3. The van der Waals surface area contributed by atoms with Crippen LogP contribution in [0.3, 0.4) is 0 Å². The molecule has 0 unspecified atom stereocenters. The minimum Gasteiger partial charge on any atom is -0.301 e. The van der Waals surface area contributed by atoms with Crippen molar-refractivity contribution in [1.82, 2.24) is 15.0 Å². The second-order valence-electron chi connectivity index (χ2n) is 3.41. The van der Waals surface area contributed by atoms with Crippen LogP contribution in [0.4, 0.5) is 11.6 Å². The van der Waals surface area contributed by atoms with Crippen LogP contribution < -0.4 is 5.32 Å². The highest BCUT2D eigenvalue weighted by atomic mass is 32.1. The number of benzene rings is 1. The lowest BCUT2D eigenvalue weighted by atomic mass is 10.2. The smallest absolute Gasteiger partial charge is 0.270 e. The van der Waals surface area contributed by atoms with Gasteiger partial charge in [-0.3, -0.25) is 20.2 Å². The quantitative estimate of drug-likeness (QED) is 0.501. The fraction of sp³-hybridized carbons (Fsp3) is 0. The summed E-state index contributed by atoms with van der Waals surface area (Å²) in [7, 11) is 0. The number of hydrogen-bond acceptors (Lipinski definition) is 6. The molecule has 0 aliphatic heterocycles. The van der Waals surface area contributed by atoms with E-state index in [1.54, 1.807) is 0 Å². The largest absolute Gasteiger partial charge is 0.301 e. The number of rotatable bonds is 3. The van der Waals surface area contributed by atoms with Crippen molar-refractivity contribution in [1.29, 1.82) is 0 Å². The molecule has 96 valence electrons. The van der Waals surface area contributed by atoms with Gasteiger partial charge in [0.25, 0.3) is 11.6 Å². The zero-order chi connectivity index (χ0) is 13.8. The molecule has 0 fully saturated rings. The summed E-state index contributed by atoms with van der Waals surface area (Å²) in [5.41, 5.74) is -0.0181. The zero-order valence-electron chi connectivity index (χ0n) is 9.36. The lowest BCUT2D eigenvalue weighted by Crippen LogP contribution is -2.14. The van der Waals surface area contributed by atoms with E-state index in [9.17, 15) is 14.9 Å². The summed E-state index contributed by atoms with van der Waals surface area (Å²) >= 11 is 4.78. The number of aromatic amines is 1. The van der Waals surface area contributed by atoms with Gasteiger partial charge in [0.1, 0.15) is 6.33 Å². The van der Waals surface area contributed by atoms with E-state index in [0.717, 1.165) is 0 Å². The molecule has 1 aromatic heterocycles. The Balaban J connectivity index is 2.23. The first-order chi connectivity index (χ1) is 9.06. The molecule has 2 N–H and O–H groups in total. The van der Waals surface area contributed by atoms with Crippen molar-refractivity contribution in [3.8, 4) is 0 Å². The van der Waals surface area contributed by atoms with Crippen LogP contribution in [0, 0.1) is 14.9 Å². The number of nitro benzene ring substituents is 1. The number of anilines is 1. The van der Waals surface area contributed by atoms with Gasteiger partial charge >= 0.3 is 0 Å². The van der Waals surface area contributed by atoms with Gasteiger partial charge in [-0.1, -0.05) is 6.07 Å².